The molecule has 2 saturated heterocycles. The number of likely N-dealkylation sites (tertiary alicyclic amines) is 1. The Morgan fingerprint density at radius 3 is 2.62 bits per heavy atom. The van der Waals surface area contributed by atoms with Gasteiger partial charge in [-0.3, -0.25) is 24.3 Å². The van der Waals surface area contributed by atoms with Crippen LogP contribution in [0.5, 0.6) is 5.75 Å². The Morgan fingerprint density at radius 2 is 1.87 bits per heavy atom. The van der Waals surface area contributed by atoms with Crippen molar-refractivity contribution in [3.63, 3.8) is 0 Å². The Morgan fingerprint density at radius 1 is 1.04 bits per heavy atom. The van der Waals surface area contributed by atoms with E-state index in [1.165, 1.54) is 0 Å². The highest BCUT2D eigenvalue weighted by Gasteiger charge is 2.35. The number of nitrogens with zero attached hydrogens (tertiary/aromatic N) is 5. The zero-order chi connectivity index (χ0) is 36.5. The van der Waals surface area contributed by atoms with Gasteiger partial charge in [0.25, 0.3) is 5.91 Å². The molecule has 3 aliphatic heterocycles. The van der Waals surface area contributed by atoms with Crippen LogP contribution in [0.2, 0.25) is 10.0 Å². The molecule has 0 bridgehead atoms. The molecule has 3 aliphatic rings. The molecule has 2 aromatic heterocycles. The zero-order valence-corrected chi connectivity index (χ0v) is 31.0. The van der Waals surface area contributed by atoms with E-state index in [-0.39, 0.29) is 29.7 Å². The van der Waals surface area contributed by atoms with Gasteiger partial charge in [0.05, 0.1) is 46.8 Å². The number of benzene rings is 2. The highest BCUT2D eigenvalue weighted by atomic mass is 35.5. The van der Waals surface area contributed by atoms with Gasteiger partial charge in [-0.25, -0.2) is 4.98 Å². The second-order valence-corrected chi connectivity index (χ2v) is 14.4. The summed E-state index contributed by atoms with van der Waals surface area (Å²) in [6.07, 6.45) is 5.58. The van der Waals surface area contributed by atoms with Gasteiger partial charge in [-0.2, -0.15) is 0 Å². The number of methoxy groups -OCH3 is 1. The van der Waals surface area contributed by atoms with Gasteiger partial charge < -0.3 is 30.2 Å². The van der Waals surface area contributed by atoms with Crippen LogP contribution in [0.15, 0.2) is 48.7 Å². The van der Waals surface area contributed by atoms with Crippen LogP contribution >= 0.6 is 23.2 Å². The first-order valence-corrected chi connectivity index (χ1v) is 18.3. The minimum atomic E-state index is -0.402. The lowest BCUT2D eigenvalue weighted by Crippen LogP contribution is -2.46. The highest BCUT2D eigenvalue weighted by Crippen LogP contribution is 2.41. The van der Waals surface area contributed by atoms with E-state index in [4.69, 9.17) is 32.9 Å². The number of likely N-dealkylation sites (N-methyl/N-ethyl adjacent to an activating group) is 1. The van der Waals surface area contributed by atoms with Crippen LogP contribution in [0.3, 0.4) is 0 Å². The Kier molecular flexibility index (Phi) is 10.5. The number of carbonyl (C=O) groups is 3. The molecule has 0 spiro atoms. The predicted octanol–water partition coefficient (Wildman–Crippen LogP) is 5.06. The SMILES string of the molecule is COc1cc(-c2nccc(-c3cccc(NC(=O)c4nc5c(n4C)CCN(C(=O)[C@@H]4CCCN4C)C5)c3Cl)c2Cl)ccc1CNC[C@@H]1CCC(=O)N1. The molecule has 272 valence electrons. The minimum Gasteiger partial charge on any atom is -0.496 e. The van der Waals surface area contributed by atoms with E-state index in [2.05, 4.69) is 25.8 Å². The lowest BCUT2D eigenvalue weighted by molar-refractivity contribution is -0.136. The summed E-state index contributed by atoms with van der Waals surface area (Å²) in [6.45, 7) is 3.15. The second kappa shape index (κ2) is 15.2. The van der Waals surface area contributed by atoms with Crippen molar-refractivity contribution < 1.29 is 19.1 Å². The quantitative estimate of drug-likeness (QED) is 0.205. The summed E-state index contributed by atoms with van der Waals surface area (Å²) in [5.41, 5.74) is 5.68. The number of nitrogens with one attached hydrogen (secondary N) is 3. The molecule has 5 heterocycles. The monoisotopic (exact) mass is 744 g/mol. The van der Waals surface area contributed by atoms with Crippen molar-refractivity contribution in [3.05, 3.63) is 81.5 Å². The molecule has 7 rings (SSSR count). The number of hydrogen-bond donors (Lipinski definition) is 3. The molecule has 12 nitrogen and oxygen atoms in total. The van der Waals surface area contributed by atoms with Crippen LogP contribution < -0.4 is 20.7 Å². The number of ether oxygens (including phenoxy) is 1. The van der Waals surface area contributed by atoms with Gasteiger partial charge in [0.2, 0.25) is 11.8 Å². The number of amides is 3. The first kappa shape index (κ1) is 35.9. The first-order valence-electron chi connectivity index (χ1n) is 17.6. The van der Waals surface area contributed by atoms with Gasteiger partial charge in [-0.1, -0.05) is 47.5 Å². The third-order valence-electron chi connectivity index (χ3n) is 10.4. The standard InChI is InChI=1S/C38H42Cl2N8O4/c1-46-16-5-8-30(46)38(51)48-17-14-29-28(21-48)44-36(47(29)2)37(50)45-27-7-4-6-25(33(27)39)26-13-15-42-35(34(26)40)22-9-10-23(31(18-22)52-3)19-41-20-24-11-12-32(49)43-24/h4,6-7,9-10,13,15,18,24,30,41H,5,8,11-12,14,16-17,19-21H2,1-3H3,(H,43,49)(H,45,50)/t24-,30-/m0/s1. The molecule has 0 aliphatic carbocycles. The number of fused-ring (bicyclic) bond motifs is 1. The Labute approximate surface area is 312 Å². The van der Waals surface area contributed by atoms with Crippen molar-refractivity contribution in [2.24, 2.45) is 7.05 Å². The van der Waals surface area contributed by atoms with Crippen molar-refractivity contribution in [3.8, 4) is 28.1 Å². The summed E-state index contributed by atoms with van der Waals surface area (Å²) in [4.78, 5) is 51.7. The molecule has 0 unspecified atom stereocenters. The minimum absolute atomic E-state index is 0.0932. The fourth-order valence-corrected chi connectivity index (χ4v) is 8.07. The van der Waals surface area contributed by atoms with Crippen LogP contribution in [0.4, 0.5) is 5.69 Å². The van der Waals surface area contributed by atoms with Gasteiger partial charge in [0.1, 0.15) is 5.75 Å². The fourth-order valence-electron chi connectivity index (χ4n) is 7.47. The molecular weight excluding hydrogens is 703 g/mol. The van der Waals surface area contributed by atoms with Crippen molar-refractivity contribution in [1.29, 1.82) is 0 Å². The number of halogens is 2. The molecule has 0 radical (unpaired) electrons. The summed E-state index contributed by atoms with van der Waals surface area (Å²) in [6, 6.07) is 13.0. The number of hydrogen-bond acceptors (Lipinski definition) is 8. The Balaban J connectivity index is 1.07. The summed E-state index contributed by atoms with van der Waals surface area (Å²) in [5, 5.41) is 10.1. The van der Waals surface area contributed by atoms with E-state index in [1.54, 1.807) is 25.4 Å². The summed E-state index contributed by atoms with van der Waals surface area (Å²) >= 11 is 14.0. The molecule has 3 amide bonds. The van der Waals surface area contributed by atoms with Crippen LogP contribution in [0.25, 0.3) is 22.4 Å². The van der Waals surface area contributed by atoms with Gasteiger partial charge >= 0.3 is 0 Å². The molecule has 2 fully saturated rings. The Bertz CT molecular complexity index is 2030. The summed E-state index contributed by atoms with van der Waals surface area (Å²) in [5.74, 6) is 0.751. The average molecular weight is 746 g/mol. The lowest BCUT2D eigenvalue weighted by atomic mass is 10.0. The molecule has 14 heteroatoms. The number of pyridine rings is 1. The fraction of sp³-hybridized carbons (Fsp3) is 0.395. The smallest absolute Gasteiger partial charge is 0.291 e. The van der Waals surface area contributed by atoms with E-state index < -0.39 is 5.91 Å². The maximum atomic E-state index is 13.7. The topological polar surface area (TPSA) is 134 Å². The molecule has 52 heavy (non-hydrogen) atoms. The van der Waals surface area contributed by atoms with Crippen LogP contribution in [-0.4, -0.2) is 87.9 Å². The summed E-state index contributed by atoms with van der Waals surface area (Å²) < 4.78 is 7.53. The van der Waals surface area contributed by atoms with E-state index >= 15 is 0 Å². The zero-order valence-electron chi connectivity index (χ0n) is 29.5. The molecular formula is C38H42Cl2N8O4. The van der Waals surface area contributed by atoms with Crippen molar-refractivity contribution in [2.75, 3.05) is 39.1 Å². The average Bonchev–Trinajstić information content (AvgIpc) is 3.86. The maximum Gasteiger partial charge on any atom is 0.291 e. The molecule has 4 aromatic rings. The Hall–Kier alpha value is -4.49. The van der Waals surface area contributed by atoms with Gasteiger partial charge in [-0.05, 0) is 51.1 Å². The largest absolute Gasteiger partial charge is 0.496 e. The van der Waals surface area contributed by atoms with Gasteiger partial charge in [-0.15, -0.1) is 0 Å². The summed E-state index contributed by atoms with van der Waals surface area (Å²) in [7, 11) is 5.44. The number of anilines is 1. The second-order valence-electron chi connectivity index (χ2n) is 13.6. The molecule has 2 aromatic carbocycles. The number of carbonyl (C=O) groups excluding carboxylic acids is 3. The number of imidazole rings is 1. The number of aromatic nitrogens is 3. The molecule has 0 saturated carbocycles. The third-order valence-corrected chi connectivity index (χ3v) is 11.1. The number of rotatable bonds is 10. The van der Waals surface area contributed by atoms with Crippen molar-refractivity contribution in [1.82, 2.24) is 35.0 Å². The van der Waals surface area contributed by atoms with Crippen molar-refractivity contribution in [2.45, 2.75) is 57.3 Å². The predicted molar refractivity (Wildman–Crippen MR) is 200 cm³/mol. The molecule has 2 atom stereocenters. The van der Waals surface area contributed by atoms with Crippen LogP contribution in [-0.2, 0) is 36.1 Å². The molecule has 3 N–H and O–H groups in total. The third kappa shape index (κ3) is 7.12. The van der Waals surface area contributed by atoms with Crippen LogP contribution in [0.1, 0.15) is 53.3 Å². The van der Waals surface area contributed by atoms with Gasteiger partial charge in [0.15, 0.2) is 5.82 Å². The van der Waals surface area contributed by atoms with E-state index in [0.717, 1.165) is 48.3 Å². The first-order chi connectivity index (χ1) is 25.1. The van der Waals surface area contributed by atoms with E-state index in [1.807, 2.05) is 53.9 Å². The van der Waals surface area contributed by atoms with Gasteiger partial charge in [0, 0.05) is 79.7 Å². The highest BCUT2D eigenvalue weighted by molar-refractivity contribution is 6.39. The van der Waals surface area contributed by atoms with E-state index in [0.29, 0.717) is 77.3 Å². The normalized spacial score (nSPS) is 18.7. The lowest BCUT2D eigenvalue weighted by Gasteiger charge is -2.31. The van der Waals surface area contributed by atoms with E-state index in [9.17, 15) is 14.4 Å². The van der Waals surface area contributed by atoms with Crippen molar-refractivity contribution >= 4 is 46.6 Å². The maximum absolute atomic E-state index is 13.7. The van der Waals surface area contributed by atoms with Crippen LogP contribution in [0, 0.1) is 0 Å².